The van der Waals surface area contributed by atoms with Gasteiger partial charge in [0.2, 0.25) is 0 Å². The summed E-state index contributed by atoms with van der Waals surface area (Å²) in [5.41, 5.74) is 0. The van der Waals surface area contributed by atoms with E-state index >= 15 is 0 Å². The van der Waals surface area contributed by atoms with Gasteiger partial charge in [-0.2, -0.15) is 0 Å². The molecule has 4 heteroatoms. The van der Waals surface area contributed by atoms with Gasteiger partial charge in [-0.1, -0.05) is 0 Å². The molecule has 0 rings (SSSR count). The molecule has 13 valence electrons. The second-order valence-electron chi connectivity index (χ2n) is 0. The zero-order valence-corrected chi connectivity index (χ0v) is 9.51. The molecule has 0 nitrogen and oxygen atoms in total. The van der Waals surface area contributed by atoms with Crippen LogP contribution in [0, 0.1) is 0 Å². The zero-order valence-electron chi connectivity index (χ0n) is 2.50. The van der Waals surface area contributed by atoms with Crippen LogP contribution in [-0.4, -0.2) is 98.5 Å². The van der Waals surface area contributed by atoms with E-state index in [1.165, 1.54) is 0 Å². The molecule has 0 heterocycles. The van der Waals surface area contributed by atoms with Crippen molar-refractivity contribution in [3.63, 3.8) is 0 Å². The van der Waals surface area contributed by atoms with Crippen molar-refractivity contribution in [3.8, 4) is 0 Å². The average molecular weight is 159 g/mol. The summed E-state index contributed by atoms with van der Waals surface area (Å²) in [6.07, 6.45) is 0. The molecule has 0 spiro atoms. The van der Waals surface area contributed by atoms with Crippen LogP contribution in [0.2, 0.25) is 0 Å². The minimum atomic E-state index is 0. The van der Waals surface area contributed by atoms with E-state index < -0.39 is 0 Å². The fourth-order valence-electron chi connectivity index (χ4n) is 0. The van der Waals surface area contributed by atoms with Crippen LogP contribution >= 0.6 is 0 Å². The maximum absolute atomic E-state index is 0. The van der Waals surface area contributed by atoms with Crippen molar-refractivity contribution in [2.75, 3.05) is 0 Å². The largest absolute Gasteiger partial charge is 0 e. The van der Waals surface area contributed by atoms with Crippen LogP contribution in [0.1, 0.15) is 0 Å². The van der Waals surface area contributed by atoms with E-state index in [9.17, 15) is 0 Å². The van der Waals surface area contributed by atoms with E-state index in [-0.39, 0.29) is 116 Å². The third kappa shape index (κ3) is 9.26. The topological polar surface area (TPSA) is 0 Å². The van der Waals surface area contributed by atoms with Crippen LogP contribution in [0.3, 0.4) is 0 Å². The van der Waals surface area contributed by atoms with Crippen molar-refractivity contribution in [1.82, 2.24) is 0 Å². The first-order valence-electron chi connectivity index (χ1n) is 0. The van der Waals surface area contributed by atoms with Gasteiger partial charge in [-0.05, 0) is 0 Å². The van der Waals surface area contributed by atoms with Crippen molar-refractivity contribution in [2.24, 2.45) is 0 Å². The van der Waals surface area contributed by atoms with E-state index in [1.54, 1.807) is 0 Å². The summed E-state index contributed by atoms with van der Waals surface area (Å²) in [7, 11) is 0. The van der Waals surface area contributed by atoms with Crippen molar-refractivity contribution in [2.45, 2.75) is 0 Å². The van der Waals surface area contributed by atoms with E-state index in [0.717, 1.165) is 0 Å². The second-order valence-corrected chi connectivity index (χ2v) is 0. The molecule has 0 unspecified atom stereocenters. The number of hydrogen-bond acceptors (Lipinski definition) is 0. The molecule has 0 amide bonds. The standard InChI is InChI=1S/2Ca.Mg.Mn. The fourth-order valence-corrected chi connectivity index (χ4v) is 0. The van der Waals surface area contributed by atoms with E-state index in [4.69, 9.17) is 0 Å². The zero-order chi connectivity index (χ0) is 0. The van der Waals surface area contributed by atoms with Gasteiger partial charge in [-0.25, -0.2) is 0 Å². The number of hydrogen-bond donors (Lipinski definition) is 0. The smallest absolute Gasteiger partial charge is 0 e. The van der Waals surface area contributed by atoms with Gasteiger partial charge in [0.1, 0.15) is 0 Å². The second kappa shape index (κ2) is 15.8. The van der Waals surface area contributed by atoms with Gasteiger partial charge in [0.25, 0.3) is 0 Å². The molecule has 0 aliphatic rings. The predicted octanol–water partition coefficient (Wildman–Crippen LogP) is -1.14. The van der Waals surface area contributed by atoms with Gasteiger partial charge >= 0.3 is 0 Å². The summed E-state index contributed by atoms with van der Waals surface area (Å²) < 4.78 is 0. The molecule has 0 atom stereocenters. The predicted molar refractivity (Wildman–Crippen MR) is 17.3 cm³/mol. The first-order chi connectivity index (χ1) is 0. The van der Waals surface area contributed by atoms with Crippen LogP contribution in [0.15, 0.2) is 0 Å². The molecule has 0 saturated heterocycles. The van der Waals surface area contributed by atoms with Gasteiger partial charge in [0.15, 0.2) is 0 Å². The Labute approximate surface area is 112 Å². The Bertz CT molecular complexity index is 6.00. The first kappa shape index (κ1) is 25.0. The fraction of sp³-hybridized carbons (Fsp3) is 0. The van der Waals surface area contributed by atoms with Crippen LogP contribution in [0.25, 0.3) is 0 Å². The quantitative estimate of drug-likeness (QED) is 0.392. The third-order valence-electron chi connectivity index (χ3n) is 0. The van der Waals surface area contributed by atoms with Crippen molar-refractivity contribution in [3.05, 3.63) is 0 Å². The Morgan fingerprint density at radius 3 is 0.750 bits per heavy atom. The molecular formula is Ca2MgMn. The molecule has 7 radical (unpaired) electrons. The van der Waals surface area contributed by atoms with Gasteiger partial charge in [-0.3, -0.25) is 0 Å². The molecule has 0 saturated carbocycles. The van der Waals surface area contributed by atoms with Crippen LogP contribution in [0.4, 0.5) is 0 Å². The maximum atomic E-state index is 0. The molecule has 0 aromatic heterocycles. The first-order valence-corrected chi connectivity index (χ1v) is 0. The monoisotopic (exact) mass is 159 g/mol. The Hall–Kier alpha value is 3.81. The Morgan fingerprint density at radius 1 is 0.750 bits per heavy atom. The van der Waals surface area contributed by atoms with Crippen molar-refractivity contribution >= 4 is 98.5 Å². The molecule has 0 aromatic carbocycles. The van der Waals surface area contributed by atoms with Crippen LogP contribution < -0.4 is 0 Å². The average Bonchev–Trinajstić information content (AvgIpc) is 0. The third-order valence-corrected chi connectivity index (χ3v) is 0. The normalized spacial score (nSPS) is 0. The van der Waals surface area contributed by atoms with Crippen LogP contribution in [0.5, 0.6) is 0 Å². The van der Waals surface area contributed by atoms with E-state index in [2.05, 4.69) is 0 Å². The Balaban J connectivity index is 0. The Kier molecular flexibility index (Phi) is 98.8. The summed E-state index contributed by atoms with van der Waals surface area (Å²) in [6.45, 7) is 0. The van der Waals surface area contributed by atoms with Crippen molar-refractivity contribution in [1.29, 1.82) is 0 Å². The Morgan fingerprint density at radius 2 is 0.750 bits per heavy atom. The van der Waals surface area contributed by atoms with Gasteiger partial charge in [0.05, 0.1) is 0 Å². The van der Waals surface area contributed by atoms with Gasteiger partial charge < -0.3 is 0 Å². The molecule has 0 aliphatic heterocycles. The summed E-state index contributed by atoms with van der Waals surface area (Å²) >= 11 is 0. The van der Waals surface area contributed by atoms with E-state index in [1.807, 2.05) is 0 Å². The molecule has 0 bridgehead atoms. The molecular weight excluding hydrogens is 159 g/mol. The molecule has 0 aliphatic carbocycles. The summed E-state index contributed by atoms with van der Waals surface area (Å²) in [4.78, 5) is 0. The maximum Gasteiger partial charge on any atom is 0 e. The van der Waals surface area contributed by atoms with Gasteiger partial charge in [-0.15, -0.1) is 0 Å². The summed E-state index contributed by atoms with van der Waals surface area (Å²) in [5, 5.41) is 0. The summed E-state index contributed by atoms with van der Waals surface area (Å²) in [5.74, 6) is 0. The molecule has 0 aromatic rings. The van der Waals surface area contributed by atoms with Crippen LogP contribution in [-0.2, 0) is 17.1 Å². The molecule has 0 N–H and O–H groups in total. The van der Waals surface area contributed by atoms with Crippen molar-refractivity contribution < 1.29 is 17.1 Å². The minimum Gasteiger partial charge on any atom is 0 e. The van der Waals surface area contributed by atoms with E-state index in [0.29, 0.717) is 0 Å². The minimum absolute atomic E-state index is 0. The van der Waals surface area contributed by atoms with Gasteiger partial charge in [0, 0.05) is 116 Å². The SMILES string of the molecule is [Ca].[Ca].[Mg].[Mn]. The molecule has 4 heavy (non-hydrogen) atoms. The molecule has 0 fully saturated rings. The summed E-state index contributed by atoms with van der Waals surface area (Å²) in [6, 6.07) is 0. The number of rotatable bonds is 0.